The van der Waals surface area contributed by atoms with E-state index >= 15 is 0 Å². The average Bonchev–Trinajstić information content (AvgIpc) is 2.98. The lowest BCUT2D eigenvalue weighted by atomic mass is 9.95. The molecule has 0 saturated heterocycles. The van der Waals surface area contributed by atoms with Gasteiger partial charge in [-0.15, -0.1) is 11.3 Å². The zero-order chi connectivity index (χ0) is 18.7. The topological polar surface area (TPSA) is 74.1 Å². The number of hydrogen-bond acceptors (Lipinski definition) is 5. The van der Waals surface area contributed by atoms with Crippen LogP contribution in [0.4, 0.5) is 5.00 Å². The summed E-state index contributed by atoms with van der Waals surface area (Å²) in [5.74, 6) is 0.100. The molecular weight excluding hydrogens is 366 g/mol. The first-order valence-electron chi connectivity index (χ1n) is 8.33. The first kappa shape index (κ1) is 18.5. The number of ether oxygens (including phenoxy) is 1. The van der Waals surface area contributed by atoms with E-state index < -0.39 is 0 Å². The van der Waals surface area contributed by atoms with E-state index in [0.717, 1.165) is 16.9 Å². The minimum absolute atomic E-state index is 0.113. The number of carbonyl (C=O) groups is 1. The van der Waals surface area contributed by atoms with E-state index in [9.17, 15) is 10.1 Å². The van der Waals surface area contributed by atoms with Crippen molar-refractivity contribution in [1.29, 1.82) is 5.26 Å². The summed E-state index contributed by atoms with van der Waals surface area (Å²) in [4.78, 5) is 13.2. The Labute approximate surface area is 162 Å². The molecule has 26 heavy (non-hydrogen) atoms. The summed E-state index contributed by atoms with van der Waals surface area (Å²) >= 11 is 6.70. The predicted molar refractivity (Wildman–Crippen MR) is 106 cm³/mol. The summed E-state index contributed by atoms with van der Waals surface area (Å²) in [5.41, 5.74) is 2.15. The SMILES string of the molecule is CC(C)[C@H]1Cc2c(sc(NC(=S)NC(=O)c3ccccc3)c2C#N)CO1. The quantitative estimate of drug-likeness (QED) is 0.785. The highest BCUT2D eigenvalue weighted by Crippen LogP contribution is 2.38. The van der Waals surface area contributed by atoms with Crippen LogP contribution < -0.4 is 10.6 Å². The van der Waals surface area contributed by atoms with E-state index in [4.69, 9.17) is 17.0 Å². The molecule has 134 valence electrons. The smallest absolute Gasteiger partial charge is 0.257 e. The summed E-state index contributed by atoms with van der Waals surface area (Å²) in [6.45, 7) is 4.73. The summed E-state index contributed by atoms with van der Waals surface area (Å²) < 4.78 is 5.88. The summed E-state index contributed by atoms with van der Waals surface area (Å²) in [6, 6.07) is 11.1. The number of benzene rings is 1. The Morgan fingerprint density at radius 3 is 2.77 bits per heavy atom. The van der Waals surface area contributed by atoms with Gasteiger partial charge in [0, 0.05) is 16.9 Å². The van der Waals surface area contributed by atoms with Gasteiger partial charge in [0.2, 0.25) is 0 Å². The van der Waals surface area contributed by atoms with Crippen LogP contribution in [0.1, 0.15) is 40.2 Å². The molecule has 1 aliphatic rings. The maximum Gasteiger partial charge on any atom is 0.257 e. The second kappa shape index (κ2) is 7.96. The van der Waals surface area contributed by atoms with Gasteiger partial charge in [0.15, 0.2) is 5.11 Å². The number of nitriles is 1. The van der Waals surface area contributed by atoms with Crippen LogP contribution in [0.15, 0.2) is 30.3 Å². The number of rotatable bonds is 3. The zero-order valence-electron chi connectivity index (χ0n) is 14.5. The van der Waals surface area contributed by atoms with Gasteiger partial charge in [-0.1, -0.05) is 32.0 Å². The van der Waals surface area contributed by atoms with Crippen molar-refractivity contribution in [3.63, 3.8) is 0 Å². The van der Waals surface area contributed by atoms with Crippen molar-refractivity contribution in [2.45, 2.75) is 33.0 Å². The fraction of sp³-hybridized carbons (Fsp3) is 0.316. The summed E-state index contributed by atoms with van der Waals surface area (Å²) in [6.07, 6.45) is 0.832. The van der Waals surface area contributed by atoms with Crippen molar-refractivity contribution in [3.05, 3.63) is 51.9 Å². The lowest BCUT2D eigenvalue weighted by Crippen LogP contribution is -2.34. The molecule has 1 aliphatic heterocycles. The number of anilines is 1. The van der Waals surface area contributed by atoms with Gasteiger partial charge in [-0.25, -0.2) is 0 Å². The monoisotopic (exact) mass is 385 g/mol. The molecule has 1 aromatic carbocycles. The van der Waals surface area contributed by atoms with E-state index in [1.807, 2.05) is 6.07 Å². The Bertz CT molecular complexity index is 869. The van der Waals surface area contributed by atoms with E-state index in [1.165, 1.54) is 11.3 Å². The van der Waals surface area contributed by atoms with E-state index in [1.54, 1.807) is 24.3 Å². The van der Waals surface area contributed by atoms with Crippen molar-refractivity contribution in [1.82, 2.24) is 5.32 Å². The van der Waals surface area contributed by atoms with Crippen molar-refractivity contribution in [3.8, 4) is 6.07 Å². The Morgan fingerprint density at radius 1 is 1.38 bits per heavy atom. The molecule has 1 amide bonds. The normalized spacial score (nSPS) is 15.8. The number of thiophene rings is 1. The molecule has 2 heterocycles. The number of hydrogen-bond donors (Lipinski definition) is 2. The fourth-order valence-electron chi connectivity index (χ4n) is 2.82. The maximum atomic E-state index is 12.2. The molecule has 0 bridgehead atoms. The van der Waals surface area contributed by atoms with Crippen LogP contribution in [0.2, 0.25) is 0 Å². The maximum absolute atomic E-state index is 12.2. The van der Waals surface area contributed by atoms with Crippen LogP contribution in [0.3, 0.4) is 0 Å². The number of thiocarbonyl (C=S) groups is 1. The second-order valence-corrected chi connectivity index (χ2v) is 7.91. The molecule has 0 spiro atoms. The molecule has 2 aromatic rings. The van der Waals surface area contributed by atoms with Crippen molar-refractivity contribution < 1.29 is 9.53 Å². The van der Waals surface area contributed by atoms with Crippen molar-refractivity contribution in [2.24, 2.45) is 5.92 Å². The molecule has 0 fully saturated rings. The van der Waals surface area contributed by atoms with Gasteiger partial charge in [-0.3, -0.25) is 10.1 Å². The van der Waals surface area contributed by atoms with E-state index in [0.29, 0.717) is 28.7 Å². The largest absolute Gasteiger partial charge is 0.372 e. The predicted octanol–water partition coefficient (Wildman–Crippen LogP) is 3.84. The Morgan fingerprint density at radius 2 is 2.12 bits per heavy atom. The minimum Gasteiger partial charge on any atom is -0.372 e. The molecule has 1 atom stereocenters. The number of nitrogens with one attached hydrogen (secondary N) is 2. The summed E-state index contributed by atoms with van der Waals surface area (Å²) in [5, 5.41) is 16.1. The number of carbonyl (C=O) groups excluding carboxylic acids is 1. The van der Waals surface area contributed by atoms with Gasteiger partial charge in [0.1, 0.15) is 11.1 Å². The van der Waals surface area contributed by atoms with Gasteiger partial charge in [-0.05, 0) is 35.8 Å². The zero-order valence-corrected chi connectivity index (χ0v) is 16.2. The third kappa shape index (κ3) is 3.93. The van der Waals surface area contributed by atoms with E-state index in [-0.39, 0.29) is 17.1 Å². The standard InChI is InChI=1S/C19H19N3O2S2/c1-11(2)15-8-13-14(9-20)18(26-16(13)10-24-15)22-19(25)21-17(23)12-6-4-3-5-7-12/h3-7,11,15H,8,10H2,1-2H3,(H2,21,22,23,25)/t15-/m1/s1. The Hall–Kier alpha value is -2.27. The van der Waals surface area contributed by atoms with Crippen molar-refractivity contribution >= 4 is 39.6 Å². The highest BCUT2D eigenvalue weighted by Gasteiger charge is 2.28. The van der Waals surface area contributed by atoms with Crippen LogP contribution in [-0.2, 0) is 17.8 Å². The van der Waals surface area contributed by atoms with Gasteiger partial charge < -0.3 is 10.1 Å². The first-order valence-corrected chi connectivity index (χ1v) is 9.55. The van der Waals surface area contributed by atoms with Gasteiger partial charge in [0.05, 0.1) is 18.3 Å². The molecule has 0 unspecified atom stereocenters. The van der Waals surface area contributed by atoms with Crippen molar-refractivity contribution in [2.75, 3.05) is 5.32 Å². The molecular formula is C19H19N3O2S2. The molecule has 1 aromatic heterocycles. The minimum atomic E-state index is -0.286. The van der Waals surface area contributed by atoms with Gasteiger partial charge >= 0.3 is 0 Å². The molecule has 0 saturated carbocycles. The van der Waals surface area contributed by atoms with Crippen LogP contribution >= 0.6 is 23.6 Å². The number of amides is 1. The van der Waals surface area contributed by atoms with Crippen LogP contribution in [-0.4, -0.2) is 17.1 Å². The average molecular weight is 386 g/mol. The third-order valence-electron chi connectivity index (χ3n) is 4.27. The molecule has 3 rings (SSSR count). The van der Waals surface area contributed by atoms with E-state index in [2.05, 4.69) is 30.6 Å². The Kier molecular flexibility index (Phi) is 5.67. The van der Waals surface area contributed by atoms with Crippen LogP contribution in [0.5, 0.6) is 0 Å². The molecule has 0 radical (unpaired) electrons. The Balaban J connectivity index is 1.73. The number of fused-ring (bicyclic) bond motifs is 1. The second-order valence-electron chi connectivity index (χ2n) is 6.39. The molecule has 0 aliphatic carbocycles. The van der Waals surface area contributed by atoms with Crippen LogP contribution in [0, 0.1) is 17.2 Å². The fourth-order valence-corrected chi connectivity index (χ4v) is 4.19. The lowest BCUT2D eigenvalue weighted by molar-refractivity contribution is 0.00161. The molecule has 2 N–H and O–H groups in total. The lowest BCUT2D eigenvalue weighted by Gasteiger charge is -2.26. The highest BCUT2D eigenvalue weighted by molar-refractivity contribution is 7.80. The van der Waals surface area contributed by atoms with Gasteiger partial charge in [-0.2, -0.15) is 5.26 Å². The first-order chi connectivity index (χ1) is 12.5. The molecule has 7 heteroatoms. The molecule has 5 nitrogen and oxygen atoms in total. The van der Waals surface area contributed by atoms with Gasteiger partial charge in [0.25, 0.3) is 5.91 Å². The number of nitrogens with zero attached hydrogens (tertiary/aromatic N) is 1. The summed E-state index contributed by atoms with van der Waals surface area (Å²) in [7, 11) is 0. The third-order valence-corrected chi connectivity index (χ3v) is 5.60. The highest BCUT2D eigenvalue weighted by atomic mass is 32.1. The van der Waals surface area contributed by atoms with Crippen LogP contribution in [0.25, 0.3) is 0 Å².